The first kappa shape index (κ1) is 20.5. The van der Waals surface area contributed by atoms with Gasteiger partial charge in [0.1, 0.15) is 5.82 Å². The number of nitro benzene ring substituents is 1. The Bertz CT molecular complexity index is 1150. The average Bonchev–Trinajstić information content (AvgIpc) is 2.71. The van der Waals surface area contributed by atoms with Crippen LogP contribution in [0.25, 0.3) is 0 Å². The molecule has 0 fully saturated rings. The Morgan fingerprint density at radius 2 is 1.69 bits per heavy atom. The summed E-state index contributed by atoms with van der Waals surface area (Å²) in [6.45, 7) is 3.27. The minimum atomic E-state index is -4.22. The monoisotopic (exact) mass is 414 g/mol. The molecule has 0 radical (unpaired) electrons. The Morgan fingerprint density at radius 3 is 2.31 bits per heavy atom. The molecule has 0 aliphatic heterocycles. The van der Waals surface area contributed by atoms with Crippen LogP contribution in [0.5, 0.6) is 0 Å². The largest absolute Gasteiger partial charge is 0.270 e. The fraction of sp³-hybridized carbons (Fsp3) is 0.143. The lowest BCUT2D eigenvalue weighted by Gasteiger charge is -2.31. The highest BCUT2D eigenvalue weighted by Gasteiger charge is 2.31. The normalized spacial score (nSPS) is 12.4. The molecular weight excluding hydrogens is 395 g/mol. The zero-order valence-corrected chi connectivity index (χ0v) is 16.6. The first-order valence-electron chi connectivity index (χ1n) is 8.82. The lowest BCUT2D eigenvalue weighted by Crippen LogP contribution is -2.34. The van der Waals surface area contributed by atoms with Crippen LogP contribution in [0.1, 0.15) is 24.1 Å². The molecule has 3 aromatic rings. The van der Waals surface area contributed by atoms with Gasteiger partial charge in [-0.1, -0.05) is 42.5 Å². The van der Waals surface area contributed by atoms with Gasteiger partial charge >= 0.3 is 0 Å². The molecule has 8 heteroatoms. The maximum absolute atomic E-state index is 14.3. The van der Waals surface area contributed by atoms with E-state index < -0.39 is 26.8 Å². The van der Waals surface area contributed by atoms with Gasteiger partial charge in [0.2, 0.25) is 0 Å². The first-order chi connectivity index (χ1) is 13.7. The number of non-ortho nitro benzene ring substituents is 1. The van der Waals surface area contributed by atoms with E-state index in [-0.39, 0.29) is 16.3 Å². The predicted octanol–water partition coefficient (Wildman–Crippen LogP) is 5.00. The van der Waals surface area contributed by atoms with Crippen molar-refractivity contribution in [1.82, 2.24) is 0 Å². The molecule has 6 nitrogen and oxygen atoms in total. The van der Waals surface area contributed by atoms with Gasteiger partial charge in [-0.15, -0.1) is 0 Å². The fourth-order valence-corrected chi connectivity index (χ4v) is 4.70. The maximum atomic E-state index is 14.3. The topological polar surface area (TPSA) is 80.5 Å². The van der Waals surface area contributed by atoms with Crippen LogP contribution in [0.4, 0.5) is 15.8 Å². The van der Waals surface area contributed by atoms with E-state index in [1.165, 1.54) is 30.3 Å². The highest BCUT2D eigenvalue weighted by molar-refractivity contribution is 7.92. The van der Waals surface area contributed by atoms with Crippen molar-refractivity contribution in [3.8, 4) is 0 Å². The number of hydrogen-bond donors (Lipinski definition) is 0. The van der Waals surface area contributed by atoms with Crippen molar-refractivity contribution < 1.29 is 17.7 Å². The van der Waals surface area contributed by atoms with Crippen molar-refractivity contribution in [2.75, 3.05) is 4.31 Å². The SMILES string of the molecule is Cc1ccc(N([C@H](C)c2ccccc2)S(=O)(=O)c2cccc([N+](=O)[O-])c2)cc1F. The summed E-state index contributed by atoms with van der Waals surface area (Å²) in [5, 5.41) is 11.1. The number of halogens is 1. The average molecular weight is 414 g/mol. The van der Waals surface area contributed by atoms with E-state index in [4.69, 9.17) is 0 Å². The maximum Gasteiger partial charge on any atom is 0.270 e. The number of anilines is 1. The molecule has 0 unspecified atom stereocenters. The molecule has 0 aliphatic carbocycles. The molecule has 0 N–H and O–H groups in total. The van der Waals surface area contributed by atoms with Crippen LogP contribution < -0.4 is 4.31 Å². The van der Waals surface area contributed by atoms with Crippen molar-refractivity contribution >= 4 is 21.4 Å². The Balaban J connectivity index is 2.20. The summed E-state index contributed by atoms with van der Waals surface area (Å²) < 4.78 is 42.3. The van der Waals surface area contributed by atoms with E-state index in [9.17, 15) is 22.9 Å². The van der Waals surface area contributed by atoms with Gasteiger partial charge in [-0.2, -0.15) is 0 Å². The third-order valence-electron chi connectivity index (χ3n) is 4.63. The lowest BCUT2D eigenvalue weighted by atomic mass is 10.1. The van der Waals surface area contributed by atoms with E-state index in [2.05, 4.69) is 0 Å². The molecule has 29 heavy (non-hydrogen) atoms. The standard InChI is InChI=1S/C21H19FN2O4S/c1-15-11-12-18(14-21(15)22)23(16(2)17-7-4-3-5-8-17)29(27,28)20-10-6-9-19(13-20)24(25)26/h3-14,16H,1-2H3/t16-/m1/s1. The van der Waals surface area contributed by atoms with Crippen LogP contribution in [0.15, 0.2) is 77.7 Å². The first-order valence-corrected chi connectivity index (χ1v) is 10.3. The second kappa shape index (κ2) is 8.00. The van der Waals surface area contributed by atoms with Gasteiger partial charge in [0.15, 0.2) is 0 Å². The Labute approximate surface area is 168 Å². The minimum absolute atomic E-state index is 0.135. The second-order valence-corrected chi connectivity index (χ2v) is 8.39. The van der Waals surface area contributed by atoms with E-state index in [0.29, 0.717) is 11.1 Å². The summed E-state index contributed by atoms with van der Waals surface area (Å²) in [7, 11) is -4.22. The van der Waals surface area contributed by atoms with Crippen LogP contribution in [0.3, 0.4) is 0 Å². The van der Waals surface area contributed by atoms with Crippen LogP contribution in [-0.4, -0.2) is 13.3 Å². The van der Waals surface area contributed by atoms with E-state index in [0.717, 1.165) is 16.4 Å². The summed E-state index contributed by atoms with van der Waals surface area (Å²) in [4.78, 5) is 10.2. The minimum Gasteiger partial charge on any atom is -0.259 e. The predicted molar refractivity (Wildman–Crippen MR) is 109 cm³/mol. The third-order valence-corrected chi connectivity index (χ3v) is 6.52. The van der Waals surface area contributed by atoms with Crippen LogP contribution in [0, 0.1) is 22.9 Å². The Hall–Kier alpha value is -3.26. The number of sulfonamides is 1. The molecule has 0 saturated carbocycles. The van der Waals surface area contributed by atoms with Gasteiger partial charge in [-0.25, -0.2) is 12.8 Å². The molecule has 0 aliphatic rings. The van der Waals surface area contributed by atoms with Gasteiger partial charge in [0.25, 0.3) is 15.7 Å². The van der Waals surface area contributed by atoms with Crippen molar-refractivity contribution in [3.63, 3.8) is 0 Å². The van der Waals surface area contributed by atoms with Crippen LogP contribution in [-0.2, 0) is 10.0 Å². The third kappa shape index (κ3) is 4.12. The molecule has 3 aromatic carbocycles. The molecule has 3 rings (SSSR count). The number of benzene rings is 3. The molecular formula is C21H19FN2O4S. The molecule has 0 spiro atoms. The van der Waals surface area contributed by atoms with Crippen molar-refractivity contribution in [1.29, 1.82) is 0 Å². The van der Waals surface area contributed by atoms with E-state index in [1.54, 1.807) is 44.2 Å². The molecule has 0 saturated heterocycles. The summed E-state index contributed by atoms with van der Waals surface area (Å²) in [5.41, 5.74) is 0.876. The fourth-order valence-electron chi connectivity index (χ4n) is 3.03. The van der Waals surface area contributed by atoms with Gasteiger partial charge in [0.05, 0.1) is 21.5 Å². The van der Waals surface area contributed by atoms with E-state index in [1.807, 2.05) is 0 Å². The number of aryl methyl sites for hydroxylation is 1. The number of hydrogen-bond acceptors (Lipinski definition) is 4. The smallest absolute Gasteiger partial charge is 0.259 e. The zero-order valence-electron chi connectivity index (χ0n) is 15.8. The molecule has 0 bridgehead atoms. The summed E-state index contributed by atoms with van der Waals surface area (Å²) in [6.07, 6.45) is 0. The lowest BCUT2D eigenvalue weighted by molar-refractivity contribution is -0.385. The Kier molecular flexibility index (Phi) is 5.65. The molecule has 150 valence electrons. The Morgan fingerprint density at radius 1 is 1.00 bits per heavy atom. The van der Waals surface area contributed by atoms with Crippen LogP contribution in [0.2, 0.25) is 0 Å². The quantitative estimate of drug-likeness (QED) is 0.420. The summed E-state index contributed by atoms with van der Waals surface area (Å²) in [6, 6.07) is 17.2. The summed E-state index contributed by atoms with van der Waals surface area (Å²) >= 11 is 0. The molecule has 0 heterocycles. The van der Waals surface area contributed by atoms with Gasteiger partial charge < -0.3 is 0 Å². The second-order valence-electron chi connectivity index (χ2n) is 6.58. The number of nitrogens with zero attached hydrogens (tertiary/aromatic N) is 2. The van der Waals surface area contributed by atoms with Gasteiger partial charge in [-0.05, 0) is 43.2 Å². The molecule has 0 aromatic heterocycles. The number of rotatable bonds is 6. The number of nitro groups is 1. The van der Waals surface area contributed by atoms with Crippen molar-refractivity contribution in [3.05, 3.63) is 99.9 Å². The molecule has 0 amide bonds. The van der Waals surface area contributed by atoms with Crippen molar-refractivity contribution in [2.45, 2.75) is 24.8 Å². The summed E-state index contributed by atoms with van der Waals surface area (Å²) in [5.74, 6) is -0.540. The van der Waals surface area contributed by atoms with Gasteiger partial charge in [0, 0.05) is 12.1 Å². The highest BCUT2D eigenvalue weighted by atomic mass is 32.2. The van der Waals surface area contributed by atoms with Crippen molar-refractivity contribution in [2.24, 2.45) is 0 Å². The highest BCUT2D eigenvalue weighted by Crippen LogP contribution is 2.34. The molecule has 1 atom stereocenters. The van der Waals surface area contributed by atoms with E-state index >= 15 is 0 Å². The van der Waals surface area contributed by atoms with Crippen LogP contribution >= 0.6 is 0 Å². The van der Waals surface area contributed by atoms with Gasteiger partial charge in [-0.3, -0.25) is 14.4 Å². The zero-order chi connectivity index (χ0) is 21.2.